The van der Waals surface area contributed by atoms with Crippen LogP contribution in [0.1, 0.15) is 15.9 Å². The monoisotopic (exact) mass is 340 g/mol. The van der Waals surface area contributed by atoms with E-state index < -0.39 is 17.6 Å². The van der Waals surface area contributed by atoms with Crippen LogP contribution in [0.3, 0.4) is 0 Å². The molecule has 0 bridgehead atoms. The molecule has 2 aromatic carbocycles. The number of hydrogen-bond donors (Lipinski definition) is 2. The van der Waals surface area contributed by atoms with E-state index in [0.29, 0.717) is 15.6 Å². The molecule has 0 spiro atoms. The first-order valence-corrected chi connectivity index (χ1v) is 7.00. The minimum atomic E-state index is -0.546. The Morgan fingerprint density at radius 2 is 1.68 bits per heavy atom. The molecule has 0 heterocycles. The minimum absolute atomic E-state index is 0.0142. The van der Waals surface area contributed by atoms with Gasteiger partial charge in [-0.3, -0.25) is 20.4 Å². The lowest BCUT2D eigenvalue weighted by molar-refractivity contribution is -0.121. The topological polar surface area (TPSA) is 58.2 Å². The van der Waals surface area contributed by atoms with Crippen molar-refractivity contribution in [3.63, 3.8) is 0 Å². The molecule has 0 aliphatic rings. The van der Waals surface area contributed by atoms with Gasteiger partial charge in [-0.2, -0.15) is 0 Å². The van der Waals surface area contributed by atoms with Crippen molar-refractivity contribution in [2.45, 2.75) is 6.42 Å². The number of amides is 2. The van der Waals surface area contributed by atoms with E-state index in [1.807, 2.05) is 0 Å². The molecule has 0 radical (unpaired) electrons. The molecule has 2 N–H and O–H groups in total. The van der Waals surface area contributed by atoms with Gasteiger partial charge in [0, 0.05) is 15.6 Å². The predicted molar refractivity (Wildman–Crippen MR) is 82.2 cm³/mol. The lowest BCUT2D eigenvalue weighted by Crippen LogP contribution is -2.42. The number of rotatable bonds is 3. The summed E-state index contributed by atoms with van der Waals surface area (Å²) in [5.41, 5.74) is 5.31. The summed E-state index contributed by atoms with van der Waals surface area (Å²) in [6, 6.07) is 9.72. The average Bonchev–Trinajstić information content (AvgIpc) is 2.48. The number of halogens is 3. The van der Waals surface area contributed by atoms with E-state index in [4.69, 9.17) is 23.2 Å². The number of hydrazine groups is 1. The largest absolute Gasteiger partial charge is 0.273 e. The van der Waals surface area contributed by atoms with Crippen molar-refractivity contribution >= 4 is 35.0 Å². The maximum atomic E-state index is 12.7. The third-order valence-electron chi connectivity index (χ3n) is 2.79. The molecule has 2 aromatic rings. The fourth-order valence-corrected chi connectivity index (χ4v) is 2.16. The van der Waals surface area contributed by atoms with Gasteiger partial charge in [-0.25, -0.2) is 4.39 Å². The lowest BCUT2D eigenvalue weighted by atomic mass is 10.1. The first-order valence-electron chi connectivity index (χ1n) is 6.24. The fourth-order valence-electron chi connectivity index (χ4n) is 1.68. The average molecular weight is 341 g/mol. The predicted octanol–water partition coefficient (Wildman–Crippen LogP) is 3.14. The zero-order chi connectivity index (χ0) is 16.1. The van der Waals surface area contributed by atoms with Crippen LogP contribution in [-0.4, -0.2) is 11.8 Å². The number of benzene rings is 2. The van der Waals surface area contributed by atoms with Crippen LogP contribution < -0.4 is 10.9 Å². The van der Waals surface area contributed by atoms with Gasteiger partial charge in [0.25, 0.3) is 5.91 Å². The van der Waals surface area contributed by atoms with Crippen molar-refractivity contribution in [1.82, 2.24) is 10.9 Å². The normalized spacial score (nSPS) is 10.1. The summed E-state index contributed by atoms with van der Waals surface area (Å²) >= 11 is 11.7. The molecule has 4 nitrogen and oxygen atoms in total. The summed E-state index contributed by atoms with van der Waals surface area (Å²) in [5.74, 6) is -1.44. The third-order valence-corrected chi connectivity index (χ3v) is 3.37. The van der Waals surface area contributed by atoms with E-state index in [-0.39, 0.29) is 12.0 Å². The maximum Gasteiger partial charge on any atom is 0.269 e. The van der Waals surface area contributed by atoms with Gasteiger partial charge >= 0.3 is 0 Å². The van der Waals surface area contributed by atoms with Crippen molar-refractivity contribution in [2.24, 2.45) is 0 Å². The standard InChI is InChI=1S/C15H11Cl2FN2O2/c16-11-4-1-10(13(17)8-11)7-14(21)19-20-15(22)9-2-5-12(18)6-3-9/h1-6,8H,7H2,(H,19,21)(H,20,22). The SMILES string of the molecule is O=C(Cc1ccc(Cl)cc1Cl)NNC(=O)c1ccc(F)cc1. The molecule has 0 unspecified atom stereocenters. The Bertz CT molecular complexity index is 705. The van der Waals surface area contributed by atoms with E-state index in [9.17, 15) is 14.0 Å². The molecular weight excluding hydrogens is 330 g/mol. The van der Waals surface area contributed by atoms with Gasteiger partial charge in [0.2, 0.25) is 5.91 Å². The molecular formula is C15H11Cl2FN2O2. The molecule has 114 valence electrons. The fraction of sp³-hybridized carbons (Fsp3) is 0.0667. The second kappa shape index (κ2) is 7.24. The maximum absolute atomic E-state index is 12.7. The zero-order valence-electron chi connectivity index (χ0n) is 11.2. The van der Waals surface area contributed by atoms with Gasteiger partial charge in [-0.1, -0.05) is 29.3 Å². The molecule has 2 rings (SSSR count). The van der Waals surface area contributed by atoms with Crippen LogP contribution in [-0.2, 0) is 11.2 Å². The Morgan fingerprint density at radius 1 is 1.00 bits per heavy atom. The van der Waals surface area contributed by atoms with Gasteiger partial charge in [-0.05, 0) is 42.0 Å². The van der Waals surface area contributed by atoms with Crippen LogP contribution >= 0.6 is 23.2 Å². The first kappa shape index (κ1) is 16.3. The number of carbonyl (C=O) groups is 2. The Morgan fingerprint density at radius 3 is 2.32 bits per heavy atom. The summed E-state index contributed by atoms with van der Waals surface area (Å²) in [6.45, 7) is 0. The summed E-state index contributed by atoms with van der Waals surface area (Å²) in [6.07, 6.45) is -0.0142. The molecule has 22 heavy (non-hydrogen) atoms. The van der Waals surface area contributed by atoms with Crippen LogP contribution in [0.2, 0.25) is 10.0 Å². The van der Waals surface area contributed by atoms with E-state index >= 15 is 0 Å². The molecule has 0 aromatic heterocycles. The second-order valence-electron chi connectivity index (χ2n) is 4.42. The third kappa shape index (κ3) is 4.44. The highest BCUT2D eigenvalue weighted by Crippen LogP contribution is 2.21. The Balaban J connectivity index is 1.89. The molecule has 0 saturated carbocycles. The summed E-state index contributed by atoms with van der Waals surface area (Å²) in [5, 5.41) is 0.839. The van der Waals surface area contributed by atoms with E-state index in [1.54, 1.807) is 12.1 Å². The minimum Gasteiger partial charge on any atom is -0.273 e. The second-order valence-corrected chi connectivity index (χ2v) is 5.27. The smallest absolute Gasteiger partial charge is 0.269 e. The quantitative estimate of drug-likeness (QED) is 0.843. The van der Waals surface area contributed by atoms with Crippen LogP contribution in [0.25, 0.3) is 0 Å². The number of carbonyl (C=O) groups excluding carboxylic acids is 2. The zero-order valence-corrected chi connectivity index (χ0v) is 12.7. The van der Waals surface area contributed by atoms with Gasteiger partial charge in [0.15, 0.2) is 0 Å². The summed E-state index contributed by atoms with van der Waals surface area (Å²) in [4.78, 5) is 23.5. The molecule has 7 heteroatoms. The highest BCUT2D eigenvalue weighted by molar-refractivity contribution is 6.35. The molecule has 0 aliphatic heterocycles. The van der Waals surface area contributed by atoms with Gasteiger partial charge in [0.05, 0.1) is 6.42 Å². The van der Waals surface area contributed by atoms with Crippen molar-refractivity contribution in [1.29, 1.82) is 0 Å². The van der Waals surface area contributed by atoms with Crippen molar-refractivity contribution in [2.75, 3.05) is 0 Å². The van der Waals surface area contributed by atoms with Crippen molar-refractivity contribution < 1.29 is 14.0 Å². The van der Waals surface area contributed by atoms with E-state index in [1.165, 1.54) is 18.2 Å². The van der Waals surface area contributed by atoms with Gasteiger partial charge in [-0.15, -0.1) is 0 Å². The van der Waals surface area contributed by atoms with E-state index in [0.717, 1.165) is 12.1 Å². The Hall–Kier alpha value is -2.11. The van der Waals surface area contributed by atoms with Gasteiger partial charge < -0.3 is 0 Å². The van der Waals surface area contributed by atoms with Crippen LogP contribution in [0.5, 0.6) is 0 Å². The summed E-state index contributed by atoms with van der Waals surface area (Å²) < 4.78 is 12.7. The number of nitrogens with one attached hydrogen (secondary N) is 2. The highest BCUT2D eigenvalue weighted by atomic mass is 35.5. The van der Waals surface area contributed by atoms with E-state index in [2.05, 4.69) is 10.9 Å². The van der Waals surface area contributed by atoms with Crippen molar-refractivity contribution in [3.05, 3.63) is 69.5 Å². The van der Waals surface area contributed by atoms with Crippen LogP contribution in [0.15, 0.2) is 42.5 Å². The van der Waals surface area contributed by atoms with Crippen LogP contribution in [0, 0.1) is 5.82 Å². The summed E-state index contributed by atoms with van der Waals surface area (Å²) in [7, 11) is 0. The number of hydrogen-bond acceptors (Lipinski definition) is 2. The van der Waals surface area contributed by atoms with Gasteiger partial charge in [0.1, 0.15) is 5.82 Å². The molecule has 0 atom stereocenters. The molecule has 0 saturated heterocycles. The van der Waals surface area contributed by atoms with Crippen LogP contribution in [0.4, 0.5) is 4.39 Å². The Labute approximate surface area is 136 Å². The molecule has 0 aliphatic carbocycles. The Kier molecular flexibility index (Phi) is 5.35. The first-order chi connectivity index (χ1) is 10.5. The lowest BCUT2D eigenvalue weighted by Gasteiger charge is -2.08. The van der Waals surface area contributed by atoms with Crippen molar-refractivity contribution in [3.8, 4) is 0 Å². The molecule has 2 amide bonds. The highest BCUT2D eigenvalue weighted by Gasteiger charge is 2.10. The molecule has 0 fully saturated rings.